The molecule has 0 aliphatic rings. The van der Waals surface area contributed by atoms with Gasteiger partial charge in [-0.25, -0.2) is 9.59 Å². The number of nitrogens with one attached hydrogen (secondary N) is 2. The van der Waals surface area contributed by atoms with Crippen molar-refractivity contribution < 1.29 is 32.3 Å². The second kappa shape index (κ2) is 8.31. The molecule has 1 aromatic rings. The van der Waals surface area contributed by atoms with Gasteiger partial charge in [0.05, 0.1) is 5.69 Å². The molecule has 0 unspecified atom stereocenters. The molecule has 25 heavy (non-hydrogen) atoms. The number of rotatable bonds is 5. The average molecular weight is 362 g/mol. The van der Waals surface area contributed by atoms with E-state index in [-0.39, 0.29) is 0 Å². The van der Waals surface area contributed by atoms with Crippen molar-refractivity contribution in [2.45, 2.75) is 20.0 Å². The lowest BCUT2D eigenvalue weighted by Gasteiger charge is -2.08. The molecule has 1 rings (SSSR count). The minimum absolute atomic E-state index is 0.697. The highest BCUT2D eigenvalue weighted by Crippen LogP contribution is 2.13. The van der Waals surface area contributed by atoms with Gasteiger partial charge in [0.15, 0.2) is 6.61 Å². The highest BCUT2D eigenvalue weighted by atomic mass is 19.4. The average Bonchev–Trinajstić information content (AvgIpc) is 2.73. The third-order valence-corrected chi connectivity index (χ3v) is 3.00. The predicted molar refractivity (Wildman–Crippen MR) is 80.3 cm³/mol. The first-order valence-corrected chi connectivity index (χ1v) is 6.99. The maximum absolute atomic E-state index is 11.9. The molecule has 0 fully saturated rings. The van der Waals surface area contributed by atoms with Gasteiger partial charge in [0.2, 0.25) is 0 Å². The molecule has 0 saturated heterocycles. The van der Waals surface area contributed by atoms with Gasteiger partial charge in [-0.3, -0.25) is 14.8 Å². The number of imide groups is 1. The maximum Gasteiger partial charge on any atom is 0.405 e. The molecule has 0 spiro atoms. The van der Waals surface area contributed by atoms with Crippen LogP contribution in [0, 0.1) is 13.8 Å². The van der Waals surface area contributed by atoms with Crippen LogP contribution in [0.2, 0.25) is 0 Å². The third-order valence-electron chi connectivity index (χ3n) is 3.00. The zero-order valence-electron chi connectivity index (χ0n) is 13.7. The van der Waals surface area contributed by atoms with Crippen LogP contribution in [0.4, 0.5) is 18.0 Å². The van der Waals surface area contributed by atoms with E-state index in [1.807, 2.05) is 0 Å². The Morgan fingerprint density at radius 2 is 1.92 bits per heavy atom. The van der Waals surface area contributed by atoms with Gasteiger partial charge in [0.1, 0.15) is 6.54 Å². The molecule has 138 valence electrons. The molecule has 0 radical (unpaired) electrons. The standard InChI is InChI=1S/C14H17F3N4O4/c1-8-10(9(2)21(3)20-8)4-5-12(23)25-6-11(22)19-13(24)18-7-14(15,16)17/h4-5H,6-7H2,1-3H3,(H2,18,19,22,24)/b5-4+. The number of carbonyl (C=O) groups excluding carboxylic acids is 3. The molecule has 0 aromatic carbocycles. The molecule has 0 bridgehead atoms. The largest absolute Gasteiger partial charge is 0.452 e. The zero-order chi connectivity index (χ0) is 19.2. The van der Waals surface area contributed by atoms with E-state index in [1.165, 1.54) is 11.4 Å². The lowest BCUT2D eigenvalue weighted by molar-refractivity contribution is -0.143. The van der Waals surface area contributed by atoms with Crippen LogP contribution in [0.3, 0.4) is 0 Å². The third kappa shape index (κ3) is 7.06. The van der Waals surface area contributed by atoms with Crippen molar-refractivity contribution in [2.24, 2.45) is 7.05 Å². The highest BCUT2D eigenvalue weighted by Gasteiger charge is 2.28. The molecular formula is C14H17F3N4O4. The molecule has 1 heterocycles. The molecule has 1 aromatic heterocycles. The number of amides is 3. The molecule has 11 heteroatoms. The maximum atomic E-state index is 11.9. The summed E-state index contributed by atoms with van der Waals surface area (Å²) in [4.78, 5) is 33.9. The Kier molecular flexibility index (Phi) is 6.71. The van der Waals surface area contributed by atoms with Gasteiger partial charge < -0.3 is 10.1 Å². The first-order chi connectivity index (χ1) is 11.5. The van der Waals surface area contributed by atoms with E-state index >= 15 is 0 Å². The van der Waals surface area contributed by atoms with Crippen LogP contribution in [0.15, 0.2) is 6.08 Å². The Bertz CT molecular complexity index is 695. The van der Waals surface area contributed by atoms with Crippen LogP contribution in [-0.2, 0) is 21.4 Å². The van der Waals surface area contributed by atoms with Crippen molar-refractivity contribution in [1.29, 1.82) is 0 Å². The van der Waals surface area contributed by atoms with Gasteiger partial charge in [-0.15, -0.1) is 0 Å². The highest BCUT2D eigenvalue weighted by molar-refractivity contribution is 5.96. The minimum atomic E-state index is -4.60. The Morgan fingerprint density at radius 1 is 1.28 bits per heavy atom. The summed E-state index contributed by atoms with van der Waals surface area (Å²) in [6.45, 7) is 1.16. The van der Waals surface area contributed by atoms with Gasteiger partial charge in [-0.05, 0) is 19.9 Å². The summed E-state index contributed by atoms with van der Waals surface area (Å²) in [6, 6.07) is -1.34. The number of urea groups is 1. The SMILES string of the molecule is Cc1nn(C)c(C)c1/C=C/C(=O)OCC(=O)NC(=O)NCC(F)(F)F. The van der Waals surface area contributed by atoms with E-state index in [2.05, 4.69) is 9.84 Å². The van der Waals surface area contributed by atoms with Gasteiger partial charge in [-0.1, -0.05) is 0 Å². The second-order valence-electron chi connectivity index (χ2n) is 5.00. The van der Waals surface area contributed by atoms with Crippen molar-refractivity contribution in [2.75, 3.05) is 13.2 Å². The quantitative estimate of drug-likeness (QED) is 0.601. The fraction of sp³-hybridized carbons (Fsp3) is 0.429. The molecule has 0 aliphatic carbocycles. The Hall–Kier alpha value is -2.85. The van der Waals surface area contributed by atoms with Crippen molar-refractivity contribution >= 4 is 24.0 Å². The van der Waals surface area contributed by atoms with Gasteiger partial charge in [0, 0.05) is 24.4 Å². The monoisotopic (exact) mass is 362 g/mol. The van der Waals surface area contributed by atoms with Crippen molar-refractivity contribution in [3.05, 3.63) is 23.0 Å². The lowest BCUT2D eigenvalue weighted by Crippen LogP contribution is -2.44. The van der Waals surface area contributed by atoms with E-state index in [4.69, 9.17) is 0 Å². The van der Waals surface area contributed by atoms with Crippen LogP contribution < -0.4 is 10.6 Å². The molecule has 8 nitrogen and oxygen atoms in total. The Labute approximate surface area is 141 Å². The normalized spacial score (nSPS) is 11.4. The van der Waals surface area contributed by atoms with E-state index in [0.29, 0.717) is 5.69 Å². The van der Waals surface area contributed by atoms with E-state index < -0.39 is 37.2 Å². The number of esters is 1. The fourth-order valence-electron chi connectivity index (χ4n) is 1.75. The number of aryl methyl sites for hydroxylation is 2. The minimum Gasteiger partial charge on any atom is -0.452 e. The fourth-order valence-corrected chi connectivity index (χ4v) is 1.75. The van der Waals surface area contributed by atoms with Crippen molar-refractivity contribution in [1.82, 2.24) is 20.4 Å². The molecule has 0 aliphatic heterocycles. The number of halogens is 3. The van der Waals surface area contributed by atoms with E-state index in [0.717, 1.165) is 17.3 Å². The summed E-state index contributed by atoms with van der Waals surface area (Å²) in [6.07, 6.45) is -2.05. The van der Waals surface area contributed by atoms with Gasteiger partial charge in [-0.2, -0.15) is 18.3 Å². The zero-order valence-corrected chi connectivity index (χ0v) is 13.7. The number of hydrogen-bond donors (Lipinski definition) is 2. The van der Waals surface area contributed by atoms with Crippen LogP contribution in [-0.4, -0.2) is 47.0 Å². The van der Waals surface area contributed by atoms with Crippen LogP contribution in [0.1, 0.15) is 17.0 Å². The van der Waals surface area contributed by atoms with Gasteiger partial charge in [0.25, 0.3) is 5.91 Å². The predicted octanol–water partition coefficient (Wildman–Crippen LogP) is 0.981. The van der Waals surface area contributed by atoms with E-state index in [9.17, 15) is 27.6 Å². The summed E-state index contributed by atoms with van der Waals surface area (Å²) < 4.78 is 41.9. The van der Waals surface area contributed by atoms with Crippen molar-refractivity contribution in [3.63, 3.8) is 0 Å². The summed E-state index contributed by atoms with van der Waals surface area (Å²) in [7, 11) is 1.74. The molecule has 2 N–H and O–H groups in total. The van der Waals surface area contributed by atoms with Crippen LogP contribution >= 0.6 is 0 Å². The summed E-state index contributed by atoms with van der Waals surface area (Å²) >= 11 is 0. The first kappa shape index (κ1) is 20.2. The molecular weight excluding hydrogens is 345 g/mol. The van der Waals surface area contributed by atoms with Crippen LogP contribution in [0.5, 0.6) is 0 Å². The smallest absolute Gasteiger partial charge is 0.405 e. The number of carbonyl (C=O) groups is 3. The van der Waals surface area contributed by atoms with Gasteiger partial charge >= 0.3 is 18.2 Å². The number of aromatic nitrogens is 2. The van der Waals surface area contributed by atoms with Crippen molar-refractivity contribution in [3.8, 4) is 0 Å². The number of hydrogen-bond acceptors (Lipinski definition) is 5. The molecule has 3 amide bonds. The van der Waals surface area contributed by atoms with Crippen LogP contribution in [0.25, 0.3) is 6.08 Å². The topological polar surface area (TPSA) is 102 Å². The van der Waals surface area contributed by atoms with E-state index in [1.54, 1.807) is 30.9 Å². The Balaban J connectivity index is 2.42. The molecule has 0 saturated carbocycles. The molecule has 0 atom stereocenters. The first-order valence-electron chi connectivity index (χ1n) is 6.99. The lowest BCUT2D eigenvalue weighted by atomic mass is 10.2. The second-order valence-corrected chi connectivity index (χ2v) is 5.00. The summed E-state index contributed by atoms with van der Waals surface area (Å²) in [5.74, 6) is -1.91. The summed E-state index contributed by atoms with van der Waals surface area (Å²) in [5, 5.41) is 7.20. The number of nitrogens with zero attached hydrogens (tertiary/aromatic N) is 2. The number of ether oxygens (including phenoxy) is 1. The summed E-state index contributed by atoms with van der Waals surface area (Å²) in [5.41, 5.74) is 2.24. The number of alkyl halides is 3. The Morgan fingerprint density at radius 3 is 2.44 bits per heavy atom.